The molecule has 2 aromatic carbocycles. The van der Waals surface area contributed by atoms with E-state index < -0.39 is 0 Å². The molecule has 0 aliphatic rings. The van der Waals surface area contributed by atoms with E-state index in [0.717, 1.165) is 5.56 Å². The molecule has 3 aromatic rings. The van der Waals surface area contributed by atoms with E-state index >= 15 is 0 Å². The highest BCUT2D eigenvalue weighted by Crippen LogP contribution is 2.10. The number of nitrogens with one attached hydrogen (secondary N) is 1. The minimum absolute atomic E-state index is 0.0245. The number of benzene rings is 2. The molecule has 1 N–H and O–H groups in total. The predicted molar refractivity (Wildman–Crippen MR) is 98.9 cm³/mol. The van der Waals surface area contributed by atoms with Crippen LogP contribution in [0.25, 0.3) is 11.0 Å². The van der Waals surface area contributed by atoms with Crippen LogP contribution in [0.3, 0.4) is 0 Å². The lowest BCUT2D eigenvalue weighted by Crippen LogP contribution is -2.34. The van der Waals surface area contributed by atoms with Crippen molar-refractivity contribution in [2.24, 2.45) is 0 Å². The Morgan fingerprint density at radius 1 is 1.16 bits per heavy atom. The number of nitrogens with zero attached hydrogens (tertiary/aromatic N) is 2. The average Bonchev–Trinajstić information content (AvgIpc) is 2.60. The van der Waals surface area contributed by atoms with Crippen LogP contribution in [0.1, 0.15) is 11.3 Å². The third-order valence-corrected chi connectivity index (χ3v) is 4.22. The summed E-state index contributed by atoms with van der Waals surface area (Å²) in [5.41, 5.74) is 2.59. The lowest BCUT2D eigenvalue weighted by atomic mass is 10.1. The second-order valence-corrected chi connectivity index (χ2v) is 6.24. The first kappa shape index (κ1) is 17.2. The minimum atomic E-state index is -0.244. The van der Waals surface area contributed by atoms with Gasteiger partial charge in [0, 0.05) is 11.6 Å². The third-order valence-electron chi connectivity index (χ3n) is 3.97. The Kier molecular flexibility index (Phi) is 5.14. The van der Waals surface area contributed by atoms with Gasteiger partial charge in [-0.2, -0.15) is 0 Å². The molecule has 1 aromatic heterocycles. The standard InChI is InChI=1S/C19H18ClN3O2/c1-13-19(25)23(17-5-3-2-4-16(17)22-13)12-18(24)21-11-10-14-6-8-15(20)9-7-14/h2-9H,10-12H2,1H3,(H,21,24). The zero-order chi connectivity index (χ0) is 17.8. The zero-order valence-corrected chi connectivity index (χ0v) is 14.6. The molecule has 0 saturated heterocycles. The summed E-state index contributed by atoms with van der Waals surface area (Å²) in [6.45, 7) is 2.13. The molecule has 25 heavy (non-hydrogen) atoms. The fraction of sp³-hybridized carbons (Fsp3) is 0.211. The Balaban J connectivity index is 1.69. The summed E-state index contributed by atoms with van der Waals surface area (Å²) in [7, 11) is 0. The minimum Gasteiger partial charge on any atom is -0.354 e. The maximum atomic E-state index is 12.4. The van der Waals surface area contributed by atoms with Crippen molar-refractivity contribution in [3.63, 3.8) is 0 Å². The van der Waals surface area contributed by atoms with E-state index in [1.165, 1.54) is 4.57 Å². The Morgan fingerprint density at radius 3 is 2.64 bits per heavy atom. The highest BCUT2D eigenvalue weighted by Gasteiger charge is 2.11. The number of aromatic nitrogens is 2. The predicted octanol–water partition coefficient (Wildman–Crippen LogP) is 2.72. The molecule has 1 heterocycles. The van der Waals surface area contributed by atoms with Crippen molar-refractivity contribution in [3.05, 3.63) is 75.2 Å². The Morgan fingerprint density at radius 2 is 1.88 bits per heavy atom. The number of carbonyl (C=O) groups is 1. The molecule has 0 atom stereocenters. The van der Waals surface area contributed by atoms with Crippen molar-refractivity contribution in [1.82, 2.24) is 14.9 Å². The molecule has 6 heteroatoms. The molecule has 0 fully saturated rings. The van der Waals surface area contributed by atoms with Crippen LogP contribution in [0.4, 0.5) is 0 Å². The summed E-state index contributed by atoms with van der Waals surface area (Å²) >= 11 is 5.85. The topological polar surface area (TPSA) is 64.0 Å². The summed E-state index contributed by atoms with van der Waals surface area (Å²) in [4.78, 5) is 28.9. The number of para-hydroxylation sites is 2. The van der Waals surface area contributed by atoms with Gasteiger partial charge in [0.25, 0.3) is 5.56 Å². The van der Waals surface area contributed by atoms with Gasteiger partial charge in [0.1, 0.15) is 12.2 Å². The maximum absolute atomic E-state index is 12.4. The van der Waals surface area contributed by atoms with Gasteiger partial charge in [-0.1, -0.05) is 35.9 Å². The molecule has 0 spiro atoms. The van der Waals surface area contributed by atoms with Crippen LogP contribution in [0.5, 0.6) is 0 Å². The van der Waals surface area contributed by atoms with Crippen molar-refractivity contribution in [2.75, 3.05) is 6.54 Å². The fourth-order valence-electron chi connectivity index (χ4n) is 2.67. The lowest BCUT2D eigenvalue weighted by molar-refractivity contribution is -0.121. The first-order valence-electron chi connectivity index (χ1n) is 8.02. The fourth-order valence-corrected chi connectivity index (χ4v) is 2.80. The van der Waals surface area contributed by atoms with E-state index in [9.17, 15) is 9.59 Å². The summed E-state index contributed by atoms with van der Waals surface area (Å²) in [5.74, 6) is -0.202. The summed E-state index contributed by atoms with van der Waals surface area (Å²) in [6.07, 6.45) is 0.702. The van der Waals surface area contributed by atoms with Crippen LogP contribution in [-0.2, 0) is 17.8 Å². The van der Waals surface area contributed by atoms with E-state index in [0.29, 0.717) is 34.7 Å². The Hall–Kier alpha value is -2.66. The van der Waals surface area contributed by atoms with Gasteiger partial charge in [0.05, 0.1) is 11.0 Å². The SMILES string of the molecule is Cc1nc2ccccc2n(CC(=O)NCCc2ccc(Cl)cc2)c1=O. The maximum Gasteiger partial charge on any atom is 0.272 e. The Labute approximate surface area is 150 Å². The van der Waals surface area contributed by atoms with Crippen LogP contribution in [0.15, 0.2) is 53.3 Å². The number of hydrogen-bond acceptors (Lipinski definition) is 3. The molecule has 0 aliphatic carbocycles. The smallest absolute Gasteiger partial charge is 0.272 e. The van der Waals surface area contributed by atoms with E-state index in [-0.39, 0.29) is 18.0 Å². The van der Waals surface area contributed by atoms with Crippen molar-refractivity contribution >= 4 is 28.5 Å². The average molecular weight is 356 g/mol. The van der Waals surface area contributed by atoms with E-state index in [2.05, 4.69) is 10.3 Å². The first-order valence-corrected chi connectivity index (χ1v) is 8.40. The van der Waals surface area contributed by atoms with Gasteiger partial charge in [0.2, 0.25) is 5.91 Å². The molecular formula is C19H18ClN3O2. The van der Waals surface area contributed by atoms with Crippen LogP contribution in [0, 0.1) is 6.92 Å². The van der Waals surface area contributed by atoms with E-state index in [1.54, 1.807) is 13.0 Å². The van der Waals surface area contributed by atoms with Gasteiger partial charge in [-0.15, -0.1) is 0 Å². The number of aryl methyl sites for hydroxylation is 1. The van der Waals surface area contributed by atoms with Gasteiger partial charge in [-0.05, 0) is 43.2 Å². The molecule has 0 bridgehead atoms. The summed E-state index contributed by atoms with van der Waals surface area (Å²) in [5, 5.41) is 3.54. The number of fused-ring (bicyclic) bond motifs is 1. The molecule has 0 saturated carbocycles. The van der Waals surface area contributed by atoms with Gasteiger partial charge in [-0.25, -0.2) is 4.98 Å². The number of hydrogen-bond donors (Lipinski definition) is 1. The van der Waals surface area contributed by atoms with Gasteiger partial charge < -0.3 is 5.32 Å². The normalized spacial score (nSPS) is 10.8. The van der Waals surface area contributed by atoms with Crippen LogP contribution in [-0.4, -0.2) is 22.0 Å². The quantitative estimate of drug-likeness (QED) is 0.765. The molecule has 0 unspecified atom stereocenters. The van der Waals surface area contributed by atoms with Gasteiger partial charge in [-0.3, -0.25) is 14.2 Å². The van der Waals surface area contributed by atoms with E-state index in [4.69, 9.17) is 11.6 Å². The van der Waals surface area contributed by atoms with Crippen LogP contribution < -0.4 is 10.9 Å². The highest BCUT2D eigenvalue weighted by molar-refractivity contribution is 6.30. The lowest BCUT2D eigenvalue weighted by Gasteiger charge is -2.11. The highest BCUT2D eigenvalue weighted by atomic mass is 35.5. The molecule has 0 radical (unpaired) electrons. The van der Waals surface area contributed by atoms with Gasteiger partial charge in [0.15, 0.2) is 0 Å². The summed E-state index contributed by atoms with van der Waals surface area (Å²) in [6, 6.07) is 14.8. The zero-order valence-electron chi connectivity index (χ0n) is 13.8. The molecule has 1 amide bonds. The molecule has 5 nitrogen and oxygen atoms in total. The largest absolute Gasteiger partial charge is 0.354 e. The monoisotopic (exact) mass is 355 g/mol. The van der Waals surface area contributed by atoms with Crippen molar-refractivity contribution < 1.29 is 4.79 Å². The third kappa shape index (κ3) is 4.06. The van der Waals surface area contributed by atoms with Crippen LogP contribution in [0.2, 0.25) is 5.02 Å². The second-order valence-electron chi connectivity index (χ2n) is 5.80. The number of halogens is 1. The Bertz CT molecular complexity index is 965. The van der Waals surface area contributed by atoms with Crippen LogP contribution >= 0.6 is 11.6 Å². The number of amides is 1. The number of carbonyl (C=O) groups excluding carboxylic acids is 1. The first-order chi connectivity index (χ1) is 12.0. The van der Waals surface area contributed by atoms with Crippen molar-refractivity contribution in [1.29, 1.82) is 0 Å². The molecule has 128 valence electrons. The molecule has 0 aliphatic heterocycles. The summed E-state index contributed by atoms with van der Waals surface area (Å²) < 4.78 is 1.47. The van der Waals surface area contributed by atoms with Crippen molar-refractivity contribution in [3.8, 4) is 0 Å². The van der Waals surface area contributed by atoms with Gasteiger partial charge >= 0.3 is 0 Å². The second kappa shape index (κ2) is 7.49. The molecule has 3 rings (SSSR count). The molecular weight excluding hydrogens is 338 g/mol. The van der Waals surface area contributed by atoms with E-state index in [1.807, 2.05) is 42.5 Å². The van der Waals surface area contributed by atoms with Crippen molar-refractivity contribution in [2.45, 2.75) is 19.9 Å². The number of rotatable bonds is 5.